The Balaban J connectivity index is 2.02. The van der Waals surface area contributed by atoms with Crippen LogP contribution in [0.1, 0.15) is 13.3 Å². The monoisotopic (exact) mass is 282 g/mol. The van der Waals surface area contributed by atoms with E-state index < -0.39 is 0 Å². The molecule has 2 heterocycles. The van der Waals surface area contributed by atoms with Crippen LogP contribution < -0.4 is 0 Å². The van der Waals surface area contributed by atoms with Crippen molar-refractivity contribution >= 4 is 58.4 Å². The zero-order valence-corrected chi connectivity index (χ0v) is 11.7. The molecule has 0 radical (unpaired) electrons. The van der Waals surface area contributed by atoms with E-state index in [1.165, 1.54) is 8.42 Å². The summed E-state index contributed by atoms with van der Waals surface area (Å²) in [6, 6.07) is 0. The minimum atomic E-state index is 0.327. The van der Waals surface area contributed by atoms with E-state index in [0.29, 0.717) is 5.44 Å². The summed E-state index contributed by atoms with van der Waals surface area (Å²) in [5.74, 6) is 1.06. The molecule has 0 bridgehead atoms. The van der Waals surface area contributed by atoms with Gasteiger partial charge < -0.3 is 4.74 Å². The van der Waals surface area contributed by atoms with Gasteiger partial charge >= 0.3 is 0 Å². The molecule has 1 aromatic heterocycles. The summed E-state index contributed by atoms with van der Waals surface area (Å²) >= 11 is 12.4. The molecule has 14 heavy (non-hydrogen) atoms. The number of rotatable bonds is 3. The minimum absolute atomic E-state index is 0.327. The molecule has 0 spiro atoms. The first-order valence-corrected chi connectivity index (χ1v) is 8.25. The van der Waals surface area contributed by atoms with E-state index in [0.717, 1.165) is 21.9 Å². The van der Waals surface area contributed by atoms with Gasteiger partial charge in [-0.15, -0.1) is 34.4 Å². The van der Waals surface area contributed by atoms with Gasteiger partial charge in [0.1, 0.15) is 8.57 Å². The molecule has 1 aliphatic heterocycles. The van der Waals surface area contributed by atoms with Gasteiger partial charge in [0, 0.05) is 12.4 Å². The maximum Gasteiger partial charge on any atom is 0.145 e. The van der Waals surface area contributed by atoms with Crippen LogP contribution in [0.25, 0.3) is 0 Å². The van der Waals surface area contributed by atoms with Gasteiger partial charge in [0.05, 0.1) is 8.42 Å². The molecule has 78 valence electrons. The lowest BCUT2D eigenvalue weighted by molar-refractivity contribution is 0.127. The van der Waals surface area contributed by atoms with Crippen LogP contribution >= 0.6 is 58.4 Å². The number of hydrogen-bond acceptors (Lipinski definition) is 6. The molecule has 1 nitrogen and oxygen atoms in total. The predicted molar refractivity (Wildman–Crippen MR) is 69.6 cm³/mol. The van der Waals surface area contributed by atoms with E-state index in [4.69, 9.17) is 17.0 Å². The Morgan fingerprint density at radius 2 is 2.21 bits per heavy atom. The highest BCUT2D eigenvalue weighted by molar-refractivity contribution is 8.08. The predicted octanol–water partition coefficient (Wildman–Crippen LogP) is 4.49. The van der Waals surface area contributed by atoms with E-state index in [9.17, 15) is 0 Å². The molecule has 6 heteroatoms. The van der Waals surface area contributed by atoms with Crippen molar-refractivity contribution in [3.8, 4) is 0 Å². The van der Waals surface area contributed by atoms with Crippen molar-refractivity contribution in [1.29, 1.82) is 0 Å². The third kappa shape index (κ3) is 2.74. The van der Waals surface area contributed by atoms with Crippen LogP contribution in [-0.4, -0.2) is 17.8 Å². The van der Waals surface area contributed by atoms with E-state index in [1.807, 2.05) is 23.5 Å². The van der Waals surface area contributed by atoms with Crippen molar-refractivity contribution in [2.45, 2.75) is 27.2 Å². The second-order valence-electron chi connectivity index (χ2n) is 2.76. The number of hydrogen-bond donors (Lipinski definition) is 0. The third-order valence-electron chi connectivity index (χ3n) is 1.62. The van der Waals surface area contributed by atoms with E-state index >= 15 is 0 Å². The summed E-state index contributed by atoms with van der Waals surface area (Å²) < 4.78 is 9.50. The van der Waals surface area contributed by atoms with Crippen molar-refractivity contribution in [3.63, 3.8) is 0 Å². The maximum absolute atomic E-state index is 5.72. The fraction of sp³-hybridized carbons (Fsp3) is 0.625. The minimum Gasteiger partial charge on any atom is -0.366 e. The van der Waals surface area contributed by atoms with Crippen LogP contribution in [0.2, 0.25) is 0 Å². The van der Waals surface area contributed by atoms with E-state index in [1.54, 1.807) is 22.7 Å². The highest BCUT2D eigenvalue weighted by atomic mass is 32.2. The second kappa shape index (κ2) is 5.32. The Bertz CT molecular complexity index is 355. The van der Waals surface area contributed by atoms with Crippen LogP contribution in [-0.2, 0) is 4.74 Å². The summed E-state index contributed by atoms with van der Waals surface area (Å²) in [5.41, 5.74) is 0.327. The normalized spacial score (nSPS) is 20.8. The number of thioether (sulfide) groups is 2. The first-order valence-electron chi connectivity index (χ1n) is 4.34. The Labute approximate surface area is 105 Å². The Hall–Kier alpha value is 0.930. The summed E-state index contributed by atoms with van der Waals surface area (Å²) in [6.07, 6.45) is 1.09. The maximum atomic E-state index is 5.72. The molecule has 0 fully saturated rings. The zero-order valence-electron chi connectivity index (χ0n) is 7.65. The summed E-state index contributed by atoms with van der Waals surface area (Å²) in [5, 5.41) is 0. The lowest BCUT2D eigenvalue weighted by Gasteiger charge is -2.20. The smallest absolute Gasteiger partial charge is 0.145 e. The Morgan fingerprint density at radius 1 is 1.43 bits per heavy atom. The fourth-order valence-corrected chi connectivity index (χ4v) is 7.39. The van der Waals surface area contributed by atoms with Crippen LogP contribution in [0.5, 0.6) is 0 Å². The molecule has 1 aromatic rings. The molecule has 1 atom stereocenters. The van der Waals surface area contributed by atoms with Crippen LogP contribution in [0.3, 0.4) is 0 Å². The Morgan fingerprint density at radius 3 is 3.00 bits per heavy atom. The molecular weight excluding hydrogens is 272 g/mol. The number of fused-ring (bicyclic) bond motifs is 1. The molecule has 0 amide bonds. The molecular formula is C8H10OS5. The van der Waals surface area contributed by atoms with E-state index in [-0.39, 0.29) is 0 Å². The van der Waals surface area contributed by atoms with Gasteiger partial charge in [0.15, 0.2) is 0 Å². The van der Waals surface area contributed by atoms with E-state index in [2.05, 4.69) is 6.92 Å². The van der Waals surface area contributed by atoms with Gasteiger partial charge in [-0.1, -0.05) is 30.9 Å². The van der Waals surface area contributed by atoms with Gasteiger partial charge in [-0.05, 0) is 6.42 Å². The quantitative estimate of drug-likeness (QED) is 0.755. The van der Waals surface area contributed by atoms with Crippen LogP contribution in [0, 0.1) is 3.14 Å². The van der Waals surface area contributed by atoms with Gasteiger partial charge in [0.25, 0.3) is 0 Å². The van der Waals surface area contributed by atoms with Crippen molar-refractivity contribution in [2.75, 3.05) is 12.4 Å². The SMILES string of the molecule is CCCO[C@@H]1CSc2sc(=S)sc2S1. The van der Waals surface area contributed by atoms with Crippen molar-refractivity contribution < 1.29 is 4.74 Å². The largest absolute Gasteiger partial charge is 0.366 e. The van der Waals surface area contributed by atoms with Crippen molar-refractivity contribution in [1.82, 2.24) is 0 Å². The van der Waals surface area contributed by atoms with Crippen molar-refractivity contribution in [2.24, 2.45) is 0 Å². The van der Waals surface area contributed by atoms with Gasteiger partial charge in [-0.2, -0.15) is 0 Å². The highest BCUT2D eigenvalue weighted by Gasteiger charge is 2.22. The average molecular weight is 283 g/mol. The summed E-state index contributed by atoms with van der Waals surface area (Å²) in [6.45, 7) is 3.00. The lowest BCUT2D eigenvalue weighted by Crippen LogP contribution is -2.14. The van der Waals surface area contributed by atoms with Crippen LogP contribution in [0.15, 0.2) is 8.42 Å². The zero-order chi connectivity index (χ0) is 9.97. The molecule has 0 N–H and O–H groups in total. The van der Waals surface area contributed by atoms with Gasteiger partial charge in [-0.25, -0.2) is 0 Å². The lowest BCUT2D eigenvalue weighted by atomic mass is 10.5. The van der Waals surface area contributed by atoms with Crippen LogP contribution in [0.4, 0.5) is 0 Å². The van der Waals surface area contributed by atoms with Crippen molar-refractivity contribution in [3.05, 3.63) is 3.14 Å². The topological polar surface area (TPSA) is 9.23 Å². The summed E-state index contributed by atoms with van der Waals surface area (Å²) in [7, 11) is 0. The van der Waals surface area contributed by atoms with Gasteiger partial charge in [0.2, 0.25) is 0 Å². The molecule has 0 unspecified atom stereocenters. The first kappa shape index (κ1) is 11.4. The molecule has 0 saturated carbocycles. The summed E-state index contributed by atoms with van der Waals surface area (Å²) in [4.78, 5) is 0. The first-order chi connectivity index (χ1) is 6.79. The second-order valence-corrected chi connectivity index (χ2v) is 8.70. The fourth-order valence-electron chi connectivity index (χ4n) is 1.04. The van der Waals surface area contributed by atoms with Gasteiger partial charge in [-0.3, -0.25) is 0 Å². The molecule has 0 aliphatic carbocycles. The average Bonchev–Trinajstić information content (AvgIpc) is 2.54. The number of ether oxygens (including phenoxy) is 1. The standard InChI is InChI=1S/C8H10OS5/c1-2-3-9-5-4-11-6-7(12-5)14-8(10)13-6/h5H,2-4H2,1H3/t5-/m0/s1. The highest BCUT2D eigenvalue weighted by Crippen LogP contribution is 2.47. The molecule has 0 aromatic carbocycles. The molecule has 1 aliphatic rings. The molecule has 2 rings (SSSR count). The Kier molecular flexibility index (Phi) is 4.34. The molecule has 0 saturated heterocycles. The third-order valence-corrected chi connectivity index (χ3v) is 7.52.